The molecule has 3 aliphatic rings. The van der Waals surface area contributed by atoms with Gasteiger partial charge in [0, 0.05) is 28.9 Å². The Labute approximate surface area is 210 Å². The molecular formula is C32H40O3. The normalized spacial score (nSPS) is 26.5. The highest BCUT2D eigenvalue weighted by atomic mass is 16.2. The minimum atomic E-state index is -0.409. The molecule has 0 radical (unpaired) electrons. The summed E-state index contributed by atoms with van der Waals surface area (Å²) in [4.78, 5) is 39.3. The number of hydrogen-bond acceptors (Lipinski definition) is 3. The number of allylic oxidation sites excluding steroid dienone is 6. The van der Waals surface area contributed by atoms with E-state index in [2.05, 4.69) is 31.2 Å². The van der Waals surface area contributed by atoms with Crippen molar-refractivity contribution < 1.29 is 14.4 Å². The van der Waals surface area contributed by atoms with Gasteiger partial charge in [-0.1, -0.05) is 63.6 Å². The van der Waals surface area contributed by atoms with Gasteiger partial charge in [0.15, 0.2) is 5.78 Å². The molecule has 3 unspecified atom stereocenters. The SMILES string of the molecule is CCC(C)C(=O)C(=O)C1=CC(C)c2cc(C)c(C(=O)C3CCC(CC4=CCC(C)C=C4)CC3)cc21. The summed E-state index contributed by atoms with van der Waals surface area (Å²) in [6.45, 7) is 10.0. The van der Waals surface area contributed by atoms with Gasteiger partial charge in [-0.3, -0.25) is 14.4 Å². The summed E-state index contributed by atoms with van der Waals surface area (Å²) >= 11 is 0. The van der Waals surface area contributed by atoms with Crippen LogP contribution in [0.2, 0.25) is 0 Å². The van der Waals surface area contributed by atoms with Gasteiger partial charge in [-0.2, -0.15) is 0 Å². The molecule has 0 aromatic heterocycles. The van der Waals surface area contributed by atoms with E-state index in [1.807, 2.05) is 39.8 Å². The van der Waals surface area contributed by atoms with E-state index >= 15 is 0 Å². The van der Waals surface area contributed by atoms with Gasteiger partial charge in [-0.25, -0.2) is 0 Å². The average Bonchev–Trinajstić information content (AvgIpc) is 3.18. The Balaban J connectivity index is 1.47. The third-order valence-electron chi connectivity index (χ3n) is 8.52. The Bertz CT molecular complexity index is 1110. The van der Waals surface area contributed by atoms with E-state index in [9.17, 15) is 14.4 Å². The third-order valence-corrected chi connectivity index (χ3v) is 8.52. The van der Waals surface area contributed by atoms with Crippen LogP contribution in [0.5, 0.6) is 0 Å². The molecule has 35 heavy (non-hydrogen) atoms. The number of rotatable bonds is 8. The first-order valence-corrected chi connectivity index (χ1v) is 13.6. The van der Waals surface area contributed by atoms with Crippen LogP contribution in [0.4, 0.5) is 0 Å². The molecule has 4 rings (SSSR count). The van der Waals surface area contributed by atoms with E-state index in [1.165, 1.54) is 5.57 Å². The fourth-order valence-electron chi connectivity index (χ4n) is 5.88. The monoisotopic (exact) mass is 472 g/mol. The molecule has 0 heterocycles. The number of carbonyl (C=O) groups is 3. The Kier molecular flexibility index (Phi) is 7.73. The summed E-state index contributed by atoms with van der Waals surface area (Å²) in [5.41, 5.74) is 5.47. The topological polar surface area (TPSA) is 51.2 Å². The fraction of sp³-hybridized carbons (Fsp3) is 0.531. The van der Waals surface area contributed by atoms with Crippen LogP contribution < -0.4 is 0 Å². The van der Waals surface area contributed by atoms with E-state index in [0.717, 1.165) is 60.8 Å². The van der Waals surface area contributed by atoms with Crippen molar-refractivity contribution in [1.82, 2.24) is 0 Å². The Morgan fingerprint density at radius 3 is 2.40 bits per heavy atom. The van der Waals surface area contributed by atoms with Crippen molar-refractivity contribution in [2.24, 2.45) is 23.7 Å². The van der Waals surface area contributed by atoms with E-state index in [4.69, 9.17) is 0 Å². The molecule has 1 saturated carbocycles. The average molecular weight is 473 g/mol. The molecule has 0 spiro atoms. The summed E-state index contributed by atoms with van der Waals surface area (Å²) < 4.78 is 0. The summed E-state index contributed by atoms with van der Waals surface area (Å²) in [5, 5.41) is 0. The predicted octanol–water partition coefficient (Wildman–Crippen LogP) is 7.58. The second-order valence-corrected chi connectivity index (χ2v) is 11.3. The van der Waals surface area contributed by atoms with E-state index in [0.29, 0.717) is 23.8 Å². The molecule has 1 fully saturated rings. The van der Waals surface area contributed by atoms with Crippen molar-refractivity contribution in [3.63, 3.8) is 0 Å². The molecule has 1 aromatic carbocycles. The molecule has 0 saturated heterocycles. The molecule has 0 aliphatic heterocycles. The van der Waals surface area contributed by atoms with Crippen LogP contribution in [0.25, 0.3) is 5.57 Å². The van der Waals surface area contributed by atoms with Crippen LogP contribution in [-0.2, 0) is 9.59 Å². The lowest BCUT2D eigenvalue weighted by molar-refractivity contribution is -0.135. The molecule has 3 heteroatoms. The number of Topliss-reactive ketones (excluding diaryl/α,β-unsaturated/α-hetero) is 3. The molecule has 0 bridgehead atoms. The summed E-state index contributed by atoms with van der Waals surface area (Å²) in [7, 11) is 0. The quantitative estimate of drug-likeness (QED) is 0.289. The highest BCUT2D eigenvalue weighted by Gasteiger charge is 2.33. The molecule has 3 aliphatic carbocycles. The van der Waals surface area contributed by atoms with Crippen molar-refractivity contribution in [2.75, 3.05) is 0 Å². The van der Waals surface area contributed by atoms with Gasteiger partial charge in [-0.15, -0.1) is 0 Å². The standard InChI is InChI=1S/C32H40O3/c1-6-20(3)30(33)32(35)29-16-21(4)26-15-22(5)27(18-28(26)29)31(34)25-13-11-24(12-14-25)17-23-9-7-19(2)8-10-23/h7,9-10,15-16,18-21,24-25H,6,8,11-14,17H2,1-5H3. The van der Waals surface area contributed by atoms with Crippen LogP contribution in [0.15, 0.2) is 42.0 Å². The van der Waals surface area contributed by atoms with Crippen molar-refractivity contribution >= 4 is 22.9 Å². The van der Waals surface area contributed by atoms with Crippen molar-refractivity contribution in [2.45, 2.75) is 85.5 Å². The van der Waals surface area contributed by atoms with Crippen molar-refractivity contribution in [3.05, 3.63) is 64.3 Å². The largest absolute Gasteiger partial charge is 0.294 e. The molecule has 0 amide bonds. The zero-order valence-corrected chi connectivity index (χ0v) is 22.0. The van der Waals surface area contributed by atoms with Crippen LogP contribution in [0.1, 0.15) is 106 Å². The zero-order valence-electron chi connectivity index (χ0n) is 22.0. The first-order chi connectivity index (χ1) is 16.7. The predicted molar refractivity (Wildman–Crippen MR) is 142 cm³/mol. The van der Waals surface area contributed by atoms with E-state index in [-0.39, 0.29) is 29.3 Å². The van der Waals surface area contributed by atoms with Gasteiger partial charge >= 0.3 is 0 Å². The van der Waals surface area contributed by atoms with Crippen LogP contribution in [0.3, 0.4) is 0 Å². The maximum Gasteiger partial charge on any atom is 0.229 e. The summed E-state index contributed by atoms with van der Waals surface area (Å²) in [6.07, 6.45) is 15.8. The Morgan fingerprint density at radius 2 is 1.77 bits per heavy atom. The molecule has 1 aromatic rings. The molecule has 3 nitrogen and oxygen atoms in total. The number of carbonyl (C=O) groups excluding carboxylic acids is 3. The molecule has 186 valence electrons. The lowest BCUT2D eigenvalue weighted by Crippen LogP contribution is -2.24. The second-order valence-electron chi connectivity index (χ2n) is 11.3. The maximum absolute atomic E-state index is 13.6. The van der Waals surface area contributed by atoms with Crippen LogP contribution >= 0.6 is 0 Å². The van der Waals surface area contributed by atoms with Crippen LogP contribution in [-0.4, -0.2) is 17.3 Å². The maximum atomic E-state index is 13.6. The second kappa shape index (κ2) is 10.6. The lowest BCUT2D eigenvalue weighted by atomic mass is 9.75. The van der Waals surface area contributed by atoms with Crippen LogP contribution in [0, 0.1) is 30.6 Å². The zero-order chi connectivity index (χ0) is 25.3. The van der Waals surface area contributed by atoms with E-state index in [1.54, 1.807) is 0 Å². The first kappa shape index (κ1) is 25.5. The number of hydrogen-bond donors (Lipinski definition) is 0. The van der Waals surface area contributed by atoms with Gasteiger partial charge < -0.3 is 0 Å². The molecule has 0 N–H and O–H groups in total. The highest BCUT2D eigenvalue weighted by Crippen LogP contribution is 2.40. The van der Waals surface area contributed by atoms with Gasteiger partial charge in [-0.05, 0) is 86.5 Å². The van der Waals surface area contributed by atoms with Gasteiger partial charge in [0.1, 0.15) is 0 Å². The number of fused-ring (bicyclic) bond motifs is 1. The Hall–Kier alpha value is -2.55. The summed E-state index contributed by atoms with van der Waals surface area (Å²) in [6, 6.07) is 3.97. The van der Waals surface area contributed by atoms with Gasteiger partial charge in [0.05, 0.1) is 0 Å². The minimum Gasteiger partial charge on any atom is -0.294 e. The number of ketones is 3. The smallest absolute Gasteiger partial charge is 0.229 e. The first-order valence-electron chi connectivity index (χ1n) is 13.6. The number of aryl methyl sites for hydroxylation is 1. The van der Waals surface area contributed by atoms with Gasteiger partial charge in [0.2, 0.25) is 11.6 Å². The molecular weight excluding hydrogens is 432 g/mol. The van der Waals surface area contributed by atoms with Crippen molar-refractivity contribution in [3.8, 4) is 0 Å². The van der Waals surface area contributed by atoms with Gasteiger partial charge in [0.25, 0.3) is 0 Å². The minimum absolute atomic E-state index is 0.0441. The van der Waals surface area contributed by atoms with Crippen molar-refractivity contribution in [1.29, 1.82) is 0 Å². The van der Waals surface area contributed by atoms with E-state index < -0.39 is 5.78 Å². The summed E-state index contributed by atoms with van der Waals surface area (Å²) in [5.74, 6) is 0.590. The Morgan fingerprint density at radius 1 is 1.06 bits per heavy atom. The fourth-order valence-corrected chi connectivity index (χ4v) is 5.88. The highest BCUT2D eigenvalue weighted by molar-refractivity contribution is 6.54. The lowest BCUT2D eigenvalue weighted by Gasteiger charge is -2.29. The molecule has 3 atom stereocenters. The third kappa shape index (κ3) is 5.34. The number of benzene rings is 1.